The van der Waals surface area contributed by atoms with Crippen LogP contribution in [0.4, 0.5) is 0 Å². The molecule has 106 valence electrons. The minimum absolute atomic E-state index is 0.0229. The molecule has 1 aromatic carbocycles. The van der Waals surface area contributed by atoms with Gasteiger partial charge in [-0.1, -0.05) is 38.1 Å². The van der Waals surface area contributed by atoms with Gasteiger partial charge in [-0.3, -0.25) is 0 Å². The molecule has 2 rings (SSSR count). The molecule has 1 aromatic heterocycles. The molecule has 0 spiro atoms. The second kappa shape index (κ2) is 6.27. The van der Waals surface area contributed by atoms with Crippen molar-refractivity contribution in [3.05, 3.63) is 29.8 Å². The minimum Gasteiger partial charge on any atom is -0.465 e. The molecule has 0 radical (unpaired) electrons. The molecule has 0 saturated carbocycles. The number of carbonyl (C=O) groups excluding carboxylic acids is 1. The quantitative estimate of drug-likeness (QED) is 0.780. The van der Waals surface area contributed by atoms with Crippen molar-refractivity contribution in [2.75, 3.05) is 6.61 Å². The molecular formula is C14H18N4O2. The van der Waals surface area contributed by atoms with Gasteiger partial charge in [0.05, 0.1) is 6.61 Å². The molecule has 0 N–H and O–H groups in total. The van der Waals surface area contributed by atoms with E-state index >= 15 is 0 Å². The third-order valence-electron chi connectivity index (χ3n) is 2.86. The van der Waals surface area contributed by atoms with Gasteiger partial charge in [-0.2, -0.15) is 4.80 Å². The molecule has 6 nitrogen and oxygen atoms in total. The fraction of sp³-hybridized carbons (Fsp3) is 0.429. The molecule has 20 heavy (non-hydrogen) atoms. The van der Waals surface area contributed by atoms with Crippen molar-refractivity contribution in [1.29, 1.82) is 0 Å². The van der Waals surface area contributed by atoms with Crippen molar-refractivity contribution in [2.45, 2.75) is 33.2 Å². The van der Waals surface area contributed by atoms with Crippen LogP contribution in [0.2, 0.25) is 0 Å². The van der Waals surface area contributed by atoms with Crippen LogP contribution < -0.4 is 0 Å². The van der Waals surface area contributed by atoms with Gasteiger partial charge in [0, 0.05) is 5.56 Å². The smallest absolute Gasteiger partial charge is 0.329 e. The zero-order valence-corrected chi connectivity index (χ0v) is 11.9. The second-order valence-corrected chi connectivity index (χ2v) is 4.73. The molecule has 0 aliphatic carbocycles. The van der Waals surface area contributed by atoms with Gasteiger partial charge in [0.2, 0.25) is 5.82 Å². The van der Waals surface area contributed by atoms with Crippen LogP contribution in [0.5, 0.6) is 0 Å². The van der Waals surface area contributed by atoms with Gasteiger partial charge < -0.3 is 4.74 Å². The Morgan fingerprint density at radius 2 is 2.00 bits per heavy atom. The molecule has 0 atom stereocenters. The fourth-order valence-electron chi connectivity index (χ4n) is 1.76. The van der Waals surface area contributed by atoms with E-state index in [2.05, 4.69) is 29.3 Å². The first-order chi connectivity index (χ1) is 9.60. The average Bonchev–Trinajstić information content (AvgIpc) is 2.87. The molecular weight excluding hydrogens is 256 g/mol. The van der Waals surface area contributed by atoms with E-state index in [0.29, 0.717) is 18.3 Å². The maximum absolute atomic E-state index is 11.3. The van der Waals surface area contributed by atoms with Crippen molar-refractivity contribution in [3.8, 4) is 11.4 Å². The number of hydrogen-bond acceptors (Lipinski definition) is 5. The second-order valence-electron chi connectivity index (χ2n) is 4.73. The monoisotopic (exact) mass is 274 g/mol. The number of rotatable bonds is 5. The molecule has 0 aliphatic rings. The summed E-state index contributed by atoms with van der Waals surface area (Å²) in [5.74, 6) is 0.618. The number of carbonyl (C=O) groups is 1. The third kappa shape index (κ3) is 3.40. The predicted octanol–water partition coefficient (Wildman–Crippen LogP) is 2.03. The SMILES string of the molecule is CCOC(=O)Cn1nnc(-c2ccc(C(C)C)cc2)n1. The highest BCUT2D eigenvalue weighted by Gasteiger charge is 2.10. The van der Waals surface area contributed by atoms with E-state index in [-0.39, 0.29) is 12.5 Å². The summed E-state index contributed by atoms with van der Waals surface area (Å²) in [7, 11) is 0. The zero-order valence-electron chi connectivity index (χ0n) is 11.9. The summed E-state index contributed by atoms with van der Waals surface area (Å²) in [4.78, 5) is 12.6. The van der Waals surface area contributed by atoms with Gasteiger partial charge in [0.15, 0.2) is 6.54 Å². The minimum atomic E-state index is -0.369. The topological polar surface area (TPSA) is 69.9 Å². The highest BCUT2D eigenvalue weighted by atomic mass is 16.5. The number of benzene rings is 1. The van der Waals surface area contributed by atoms with Gasteiger partial charge in [-0.05, 0) is 23.6 Å². The zero-order chi connectivity index (χ0) is 14.5. The molecule has 0 bridgehead atoms. The fourth-order valence-corrected chi connectivity index (χ4v) is 1.76. The summed E-state index contributed by atoms with van der Waals surface area (Å²) in [6, 6.07) is 8.01. The number of nitrogens with zero attached hydrogens (tertiary/aromatic N) is 4. The van der Waals surface area contributed by atoms with Crippen LogP contribution in [-0.4, -0.2) is 32.8 Å². The molecule has 0 amide bonds. The van der Waals surface area contributed by atoms with Crippen LogP contribution in [0.15, 0.2) is 24.3 Å². The number of esters is 1. The lowest BCUT2D eigenvalue weighted by atomic mass is 10.0. The summed E-state index contributed by atoms with van der Waals surface area (Å²) in [5, 5.41) is 12.0. The standard InChI is InChI=1S/C14H18N4O2/c1-4-20-13(19)9-18-16-14(15-17-18)12-7-5-11(6-8-12)10(2)3/h5-8,10H,4,9H2,1-3H3. The molecule has 0 aliphatic heterocycles. The van der Waals surface area contributed by atoms with Crippen molar-refractivity contribution in [3.63, 3.8) is 0 Å². The van der Waals surface area contributed by atoms with E-state index in [1.165, 1.54) is 10.4 Å². The Bertz CT molecular complexity index is 575. The average molecular weight is 274 g/mol. The van der Waals surface area contributed by atoms with Crippen molar-refractivity contribution in [2.24, 2.45) is 0 Å². The highest BCUT2D eigenvalue weighted by Crippen LogP contribution is 2.19. The van der Waals surface area contributed by atoms with Crippen LogP contribution in [0.25, 0.3) is 11.4 Å². The van der Waals surface area contributed by atoms with Crippen LogP contribution in [0.1, 0.15) is 32.3 Å². The van der Waals surface area contributed by atoms with Crippen LogP contribution in [-0.2, 0) is 16.1 Å². The number of ether oxygens (including phenoxy) is 1. The molecule has 0 fully saturated rings. The lowest BCUT2D eigenvalue weighted by molar-refractivity contribution is -0.144. The van der Waals surface area contributed by atoms with E-state index in [1.807, 2.05) is 24.3 Å². The highest BCUT2D eigenvalue weighted by molar-refractivity contribution is 5.68. The molecule has 0 saturated heterocycles. The normalized spacial score (nSPS) is 10.8. The first kappa shape index (κ1) is 14.2. The third-order valence-corrected chi connectivity index (χ3v) is 2.86. The van der Waals surface area contributed by atoms with Crippen molar-refractivity contribution >= 4 is 5.97 Å². The van der Waals surface area contributed by atoms with E-state index in [4.69, 9.17) is 4.74 Å². The summed E-state index contributed by atoms with van der Waals surface area (Å²) in [5.41, 5.74) is 2.14. The van der Waals surface area contributed by atoms with Gasteiger partial charge in [0.25, 0.3) is 0 Å². The van der Waals surface area contributed by atoms with Crippen molar-refractivity contribution < 1.29 is 9.53 Å². The Morgan fingerprint density at radius 1 is 1.30 bits per heavy atom. The van der Waals surface area contributed by atoms with E-state index < -0.39 is 0 Å². The predicted molar refractivity (Wildman–Crippen MR) is 74.0 cm³/mol. The molecule has 0 unspecified atom stereocenters. The number of tetrazole rings is 1. The first-order valence-corrected chi connectivity index (χ1v) is 6.64. The maximum atomic E-state index is 11.3. The van der Waals surface area contributed by atoms with Crippen LogP contribution >= 0.6 is 0 Å². The maximum Gasteiger partial charge on any atom is 0.329 e. The Morgan fingerprint density at radius 3 is 2.60 bits per heavy atom. The Hall–Kier alpha value is -2.24. The summed E-state index contributed by atoms with van der Waals surface area (Å²) >= 11 is 0. The lowest BCUT2D eigenvalue weighted by Crippen LogP contribution is -2.15. The first-order valence-electron chi connectivity index (χ1n) is 6.64. The Balaban J connectivity index is 2.10. The Labute approximate surface area is 117 Å². The van der Waals surface area contributed by atoms with Crippen LogP contribution in [0, 0.1) is 0 Å². The Kier molecular flexibility index (Phi) is 4.45. The van der Waals surface area contributed by atoms with E-state index in [1.54, 1.807) is 6.92 Å². The van der Waals surface area contributed by atoms with Gasteiger partial charge in [-0.25, -0.2) is 4.79 Å². The molecule has 6 heteroatoms. The number of hydrogen-bond donors (Lipinski definition) is 0. The van der Waals surface area contributed by atoms with E-state index in [0.717, 1.165) is 5.56 Å². The largest absolute Gasteiger partial charge is 0.465 e. The van der Waals surface area contributed by atoms with Gasteiger partial charge in [0.1, 0.15) is 0 Å². The summed E-state index contributed by atoms with van der Waals surface area (Å²) < 4.78 is 4.84. The van der Waals surface area contributed by atoms with Crippen LogP contribution in [0.3, 0.4) is 0 Å². The summed E-state index contributed by atoms with van der Waals surface area (Å²) in [6.07, 6.45) is 0. The summed E-state index contributed by atoms with van der Waals surface area (Å²) in [6.45, 7) is 6.36. The molecule has 2 aromatic rings. The molecule has 1 heterocycles. The lowest BCUT2D eigenvalue weighted by Gasteiger charge is -2.04. The van der Waals surface area contributed by atoms with E-state index in [9.17, 15) is 4.79 Å². The van der Waals surface area contributed by atoms with Gasteiger partial charge >= 0.3 is 5.97 Å². The van der Waals surface area contributed by atoms with Crippen molar-refractivity contribution in [1.82, 2.24) is 20.2 Å². The van der Waals surface area contributed by atoms with Gasteiger partial charge in [-0.15, -0.1) is 10.2 Å². The number of aromatic nitrogens is 4.